The summed E-state index contributed by atoms with van der Waals surface area (Å²) < 4.78 is 10.1. The molecule has 0 N–H and O–H groups in total. The van der Waals surface area contributed by atoms with Gasteiger partial charge in [0.05, 0.1) is 0 Å². The lowest BCUT2D eigenvalue weighted by atomic mass is 10.1. The van der Waals surface area contributed by atoms with Crippen LogP contribution in [0, 0.1) is 0 Å². The Kier molecular flexibility index (Phi) is 5.76. The predicted octanol–water partition coefficient (Wildman–Crippen LogP) is 2.00. The number of rotatable bonds is 5. The van der Waals surface area contributed by atoms with Crippen molar-refractivity contribution in [2.75, 3.05) is 5.33 Å². The summed E-state index contributed by atoms with van der Waals surface area (Å²) in [5.74, 6) is -2.01. The van der Waals surface area contributed by atoms with E-state index in [4.69, 9.17) is 9.47 Å². The molecule has 0 aromatic heterocycles. The van der Waals surface area contributed by atoms with Crippen LogP contribution in [-0.4, -0.2) is 23.1 Å². The molecule has 0 heterocycles. The van der Waals surface area contributed by atoms with Crippen LogP contribution in [0.15, 0.2) is 0 Å². The molecular weight excluding hydrogens is 252 g/mol. The largest absolute Gasteiger partial charge is 0.423 e. The van der Waals surface area contributed by atoms with E-state index in [0.717, 1.165) is 0 Å². The lowest BCUT2D eigenvalue weighted by Crippen LogP contribution is -2.39. The zero-order chi connectivity index (χ0) is 11.2. The van der Waals surface area contributed by atoms with Gasteiger partial charge in [-0.2, -0.15) is 0 Å². The molecule has 0 aromatic rings. The van der Waals surface area contributed by atoms with Gasteiger partial charge in [0.25, 0.3) is 5.79 Å². The summed E-state index contributed by atoms with van der Waals surface area (Å²) in [7, 11) is 0. The number of hydrogen-bond donors (Lipinski definition) is 0. The molecular formula is C9H15BrO4. The second-order valence-corrected chi connectivity index (χ2v) is 3.68. The molecule has 0 rings (SSSR count). The molecule has 0 fully saturated rings. The van der Waals surface area contributed by atoms with Crippen molar-refractivity contribution >= 4 is 27.9 Å². The molecule has 0 unspecified atom stereocenters. The van der Waals surface area contributed by atoms with Crippen molar-refractivity contribution in [3.05, 3.63) is 0 Å². The highest BCUT2D eigenvalue weighted by Crippen LogP contribution is 2.24. The number of halogens is 1. The van der Waals surface area contributed by atoms with Crippen LogP contribution < -0.4 is 0 Å². The van der Waals surface area contributed by atoms with E-state index in [1.165, 1.54) is 13.8 Å². The van der Waals surface area contributed by atoms with Gasteiger partial charge >= 0.3 is 11.9 Å². The quantitative estimate of drug-likeness (QED) is 0.434. The minimum absolute atomic E-state index is 0.442. The molecule has 82 valence electrons. The Hall–Kier alpha value is -0.580. The van der Waals surface area contributed by atoms with Gasteiger partial charge in [0.15, 0.2) is 0 Å². The van der Waals surface area contributed by atoms with Gasteiger partial charge in [0, 0.05) is 32.0 Å². The predicted molar refractivity (Wildman–Crippen MR) is 55.0 cm³/mol. The summed E-state index contributed by atoms with van der Waals surface area (Å²) in [4.78, 5) is 21.7. The van der Waals surface area contributed by atoms with Gasteiger partial charge in [-0.1, -0.05) is 22.9 Å². The summed E-state index contributed by atoms with van der Waals surface area (Å²) >= 11 is 3.22. The topological polar surface area (TPSA) is 52.6 Å². The second-order valence-electron chi connectivity index (χ2n) is 2.89. The molecule has 4 nitrogen and oxygen atoms in total. The Labute approximate surface area is 92.1 Å². The van der Waals surface area contributed by atoms with Gasteiger partial charge in [0.1, 0.15) is 0 Å². The molecule has 0 aromatic carbocycles. The maximum absolute atomic E-state index is 10.8. The van der Waals surface area contributed by atoms with Crippen LogP contribution in [0.3, 0.4) is 0 Å². The first kappa shape index (κ1) is 13.4. The number of alkyl halides is 1. The van der Waals surface area contributed by atoms with Crippen molar-refractivity contribution in [2.45, 2.75) is 39.4 Å². The minimum atomic E-state index is -1.11. The third kappa shape index (κ3) is 4.60. The summed E-state index contributed by atoms with van der Waals surface area (Å²) in [6.45, 7) is 4.39. The zero-order valence-corrected chi connectivity index (χ0v) is 10.2. The molecule has 0 bridgehead atoms. The van der Waals surface area contributed by atoms with Crippen molar-refractivity contribution in [3.8, 4) is 0 Å². The van der Waals surface area contributed by atoms with Gasteiger partial charge in [-0.15, -0.1) is 0 Å². The summed E-state index contributed by atoms with van der Waals surface area (Å²) in [5.41, 5.74) is 0. The Bertz CT molecular complexity index is 199. The number of carbonyl (C=O) groups excluding carboxylic acids is 2. The highest BCUT2D eigenvalue weighted by Gasteiger charge is 2.34. The lowest BCUT2D eigenvalue weighted by Gasteiger charge is -2.30. The van der Waals surface area contributed by atoms with Crippen LogP contribution in [0.25, 0.3) is 0 Å². The van der Waals surface area contributed by atoms with Gasteiger partial charge in [0.2, 0.25) is 0 Å². The molecule has 0 spiro atoms. The van der Waals surface area contributed by atoms with Gasteiger partial charge in [-0.3, -0.25) is 9.59 Å². The molecule has 5 heteroatoms. The molecule has 0 aliphatic heterocycles. The summed E-state index contributed by atoms with van der Waals surface area (Å²) in [6.07, 6.45) is 0.889. The third-order valence-electron chi connectivity index (χ3n) is 1.67. The van der Waals surface area contributed by atoms with Crippen LogP contribution in [0.1, 0.15) is 33.6 Å². The van der Waals surface area contributed by atoms with Crippen molar-refractivity contribution < 1.29 is 19.1 Å². The highest BCUT2D eigenvalue weighted by atomic mass is 79.9. The van der Waals surface area contributed by atoms with Crippen molar-refractivity contribution in [2.24, 2.45) is 0 Å². The normalized spacial score (nSPS) is 10.9. The van der Waals surface area contributed by atoms with E-state index in [9.17, 15) is 9.59 Å². The van der Waals surface area contributed by atoms with E-state index < -0.39 is 17.7 Å². The van der Waals surface area contributed by atoms with Crippen LogP contribution in [0.5, 0.6) is 0 Å². The SMILES string of the molecule is CCC(CCBr)(OC(C)=O)OC(C)=O. The maximum Gasteiger partial charge on any atom is 0.305 e. The highest BCUT2D eigenvalue weighted by molar-refractivity contribution is 9.09. The number of hydrogen-bond acceptors (Lipinski definition) is 4. The molecule has 0 radical (unpaired) electrons. The Morgan fingerprint density at radius 3 is 1.86 bits per heavy atom. The van der Waals surface area contributed by atoms with E-state index in [2.05, 4.69) is 15.9 Å². The molecule has 14 heavy (non-hydrogen) atoms. The van der Waals surface area contributed by atoms with Crippen LogP contribution in [0.4, 0.5) is 0 Å². The first-order valence-electron chi connectivity index (χ1n) is 4.41. The van der Waals surface area contributed by atoms with Gasteiger partial charge in [-0.25, -0.2) is 0 Å². The Morgan fingerprint density at radius 2 is 1.64 bits per heavy atom. The van der Waals surface area contributed by atoms with Crippen LogP contribution in [-0.2, 0) is 19.1 Å². The molecule has 0 aliphatic rings. The van der Waals surface area contributed by atoms with Crippen LogP contribution >= 0.6 is 15.9 Å². The van der Waals surface area contributed by atoms with Crippen molar-refractivity contribution in [3.63, 3.8) is 0 Å². The van der Waals surface area contributed by atoms with E-state index in [-0.39, 0.29) is 0 Å². The molecule has 0 atom stereocenters. The Morgan fingerprint density at radius 1 is 1.21 bits per heavy atom. The Balaban J connectivity index is 4.58. The third-order valence-corrected chi connectivity index (χ3v) is 2.07. The monoisotopic (exact) mass is 266 g/mol. The zero-order valence-electron chi connectivity index (χ0n) is 8.63. The van der Waals surface area contributed by atoms with E-state index >= 15 is 0 Å². The molecule has 0 aliphatic carbocycles. The van der Waals surface area contributed by atoms with Crippen molar-refractivity contribution in [1.82, 2.24) is 0 Å². The first-order chi connectivity index (χ1) is 6.45. The standard InChI is InChI=1S/C9H15BrO4/c1-4-9(5-6-10,13-7(2)11)14-8(3)12/h4-6H2,1-3H3. The fraction of sp³-hybridized carbons (Fsp3) is 0.778. The van der Waals surface area contributed by atoms with Crippen LogP contribution in [0.2, 0.25) is 0 Å². The second kappa shape index (κ2) is 6.01. The average Bonchev–Trinajstić information content (AvgIpc) is 2.02. The van der Waals surface area contributed by atoms with E-state index in [1.807, 2.05) is 0 Å². The molecule has 0 amide bonds. The van der Waals surface area contributed by atoms with E-state index in [0.29, 0.717) is 18.2 Å². The minimum Gasteiger partial charge on any atom is -0.423 e. The average molecular weight is 267 g/mol. The van der Waals surface area contributed by atoms with Gasteiger partial charge in [-0.05, 0) is 0 Å². The number of esters is 2. The van der Waals surface area contributed by atoms with Crippen molar-refractivity contribution in [1.29, 1.82) is 0 Å². The first-order valence-corrected chi connectivity index (χ1v) is 5.53. The number of ether oxygens (including phenoxy) is 2. The fourth-order valence-corrected chi connectivity index (χ4v) is 1.72. The summed E-state index contributed by atoms with van der Waals surface area (Å²) in [5, 5.41) is 0.599. The van der Waals surface area contributed by atoms with Gasteiger partial charge < -0.3 is 9.47 Å². The fourth-order valence-electron chi connectivity index (χ4n) is 1.11. The van der Waals surface area contributed by atoms with E-state index in [1.54, 1.807) is 6.92 Å². The molecule has 0 saturated carbocycles. The smallest absolute Gasteiger partial charge is 0.305 e. The maximum atomic E-state index is 10.8. The lowest BCUT2D eigenvalue weighted by molar-refractivity contribution is -0.228. The summed E-state index contributed by atoms with van der Waals surface area (Å²) in [6, 6.07) is 0. The number of carbonyl (C=O) groups is 2. The molecule has 0 saturated heterocycles.